The second-order valence-electron chi connectivity index (χ2n) is 7.13. The molecule has 0 unspecified atom stereocenters. The minimum Gasteiger partial charge on any atom is -0.444 e. The zero-order valence-electron chi connectivity index (χ0n) is 13.0. The van der Waals surface area contributed by atoms with Gasteiger partial charge in [-0.15, -0.1) is 0 Å². The number of likely N-dealkylation sites (tertiary alicyclic amines) is 1. The van der Waals surface area contributed by atoms with E-state index in [2.05, 4.69) is 34.5 Å². The maximum absolute atomic E-state index is 11.9. The van der Waals surface area contributed by atoms with E-state index in [-0.39, 0.29) is 12.1 Å². The predicted molar refractivity (Wildman–Crippen MR) is 81.9 cm³/mol. The van der Waals surface area contributed by atoms with Gasteiger partial charge in [-0.05, 0) is 38.7 Å². The average molecular weight is 288 g/mol. The Bertz CT molecular complexity index is 509. The van der Waals surface area contributed by atoms with Crippen molar-refractivity contribution in [3.8, 4) is 0 Å². The van der Waals surface area contributed by atoms with E-state index in [1.165, 1.54) is 12.0 Å². The van der Waals surface area contributed by atoms with Gasteiger partial charge in [0.2, 0.25) is 0 Å². The lowest BCUT2D eigenvalue weighted by Crippen LogP contribution is -2.42. The molecule has 0 radical (unpaired) electrons. The van der Waals surface area contributed by atoms with Gasteiger partial charge in [0.15, 0.2) is 0 Å². The van der Waals surface area contributed by atoms with Crippen LogP contribution in [0.2, 0.25) is 0 Å². The number of nitrogens with one attached hydrogen (secondary N) is 1. The summed E-state index contributed by atoms with van der Waals surface area (Å²) in [5, 5.41) is 3.04. The second kappa shape index (κ2) is 5.34. The van der Waals surface area contributed by atoms with Crippen molar-refractivity contribution in [2.45, 2.75) is 51.4 Å². The molecule has 1 heterocycles. The smallest absolute Gasteiger partial charge is 0.407 e. The number of hydrogen-bond acceptors (Lipinski definition) is 3. The van der Waals surface area contributed by atoms with Crippen LogP contribution in [0.25, 0.3) is 0 Å². The first kappa shape index (κ1) is 14.4. The number of benzene rings is 1. The molecule has 2 aliphatic rings. The molecule has 0 aromatic heterocycles. The van der Waals surface area contributed by atoms with E-state index in [4.69, 9.17) is 4.74 Å². The summed E-state index contributed by atoms with van der Waals surface area (Å²) >= 11 is 0. The van der Waals surface area contributed by atoms with E-state index in [9.17, 15) is 4.79 Å². The van der Waals surface area contributed by atoms with Gasteiger partial charge in [-0.2, -0.15) is 0 Å². The van der Waals surface area contributed by atoms with Crippen LogP contribution in [-0.4, -0.2) is 35.2 Å². The van der Waals surface area contributed by atoms with Gasteiger partial charge in [0.05, 0.1) is 0 Å². The zero-order valence-corrected chi connectivity index (χ0v) is 13.0. The fourth-order valence-electron chi connectivity index (χ4n) is 3.19. The SMILES string of the molecule is CC(C)(C)OC(=O)N[C@H]1CN(Cc2ccccc2)[C@@H]2C[C@H]12. The number of amides is 1. The first-order valence-corrected chi connectivity index (χ1v) is 7.70. The topological polar surface area (TPSA) is 41.6 Å². The van der Waals surface area contributed by atoms with E-state index in [1.807, 2.05) is 26.8 Å². The number of hydrogen-bond donors (Lipinski definition) is 1. The van der Waals surface area contributed by atoms with Crippen molar-refractivity contribution in [2.75, 3.05) is 6.54 Å². The normalized spacial score (nSPS) is 28.0. The Morgan fingerprint density at radius 2 is 2.05 bits per heavy atom. The zero-order chi connectivity index (χ0) is 15.0. The van der Waals surface area contributed by atoms with Crippen LogP contribution in [0.3, 0.4) is 0 Å². The van der Waals surface area contributed by atoms with E-state index in [1.54, 1.807) is 0 Å². The summed E-state index contributed by atoms with van der Waals surface area (Å²) < 4.78 is 5.35. The third-order valence-electron chi connectivity index (χ3n) is 4.15. The molecule has 3 atom stereocenters. The first-order chi connectivity index (χ1) is 9.92. The lowest BCUT2D eigenvalue weighted by Gasteiger charge is -2.24. The van der Waals surface area contributed by atoms with Crippen LogP contribution in [0, 0.1) is 5.92 Å². The van der Waals surface area contributed by atoms with Gasteiger partial charge in [0, 0.05) is 25.2 Å². The van der Waals surface area contributed by atoms with Crippen molar-refractivity contribution in [2.24, 2.45) is 5.92 Å². The van der Waals surface area contributed by atoms with Gasteiger partial charge < -0.3 is 10.1 Å². The third kappa shape index (κ3) is 3.56. The molecule has 1 saturated heterocycles. The van der Waals surface area contributed by atoms with E-state index < -0.39 is 5.60 Å². The third-order valence-corrected chi connectivity index (χ3v) is 4.15. The van der Waals surface area contributed by atoms with Crippen LogP contribution in [0.5, 0.6) is 0 Å². The van der Waals surface area contributed by atoms with Crippen molar-refractivity contribution >= 4 is 6.09 Å². The number of carbonyl (C=O) groups is 1. The second-order valence-corrected chi connectivity index (χ2v) is 7.13. The minimum atomic E-state index is -0.435. The Labute approximate surface area is 126 Å². The quantitative estimate of drug-likeness (QED) is 0.930. The van der Waals surface area contributed by atoms with Crippen molar-refractivity contribution < 1.29 is 9.53 Å². The number of fused-ring (bicyclic) bond motifs is 1. The molecule has 4 nitrogen and oxygen atoms in total. The summed E-state index contributed by atoms with van der Waals surface area (Å²) in [6.45, 7) is 7.56. The number of rotatable bonds is 3. The summed E-state index contributed by atoms with van der Waals surface area (Å²) in [7, 11) is 0. The predicted octanol–water partition coefficient (Wildman–Crippen LogP) is 2.78. The molecule has 1 aliphatic heterocycles. The van der Waals surface area contributed by atoms with Crippen LogP contribution >= 0.6 is 0 Å². The summed E-state index contributed by atoms with van der Waals surface area (Å²) in [5.41, 5.74) is 0.899. The molecular formula is C17H24N2O2. The highest BCUT2D eigenvalue weighted by Gasteiger charge is 2.53. The molecule has 114 valence electrons. The van der Waals surface area contributed by atoms with Crippen molar-refractivity contribution in [1.82, 2.24) is 10.2 Å². The van der Waals surface area contributed by atoms with E-state index in [0.717, 1.165) is 13.1 Å². The molecule has 21 heavy (non-hydrogen) atoms. The standard InChI is InChI=1S/C17H24N2O2/c1-17(2,3)21-16(20)18-14-11-19(15-9-13(14)15)10-12-7-5-4-6-8-12/h4-8,13-15H,9-11H2,1-3H3,(H,18,20)/t13-,14+,15-/m1/s1. The molecule has 0 bridgehead atoms. The molecule has 3 rings (SSSR count). The highest BCUT2D eigenvalue weighted by atomic mass is 16.6. The number of nitrogens with zero attached hydrogens (tertiary/aromatic N) is 1. The molecule has 4 heteroatoms. The Balaban J connectivity index is 1.53. The number of piperidine rings is 1. The van der Waals surface area contributed by atoms with E-state index >= 15 is 0 Å². The lowest BCUT2D eigenvalue weighted by atomic mass is 10.2. The number of ether oxygens (including phenoxy) is 1. The van der Waals surface area contributed by atoms with Crippen LogP contribution in [0.1, 0.15) is 32.8 Å². The molecule has 1 N–H and O–H groups in total. The molecule has 0 spiro atoms. The highest BCUT2D eigenvalue weighted by Crippen LogP contribution is 2.45. The van der Waals surface area contributed by atoms with Crippen LogP contribution < -0.4 is 5.32 Å². The van der Waals surface area contributed by atoms with Gasteiger partial charge in [-0.3, -0.25) is 4.90 Å². The Morgan fingerprint density at radius 1 is 1.33 bits per heavy atom. The largest absolute Gasteiger partial charge is 0.444 e. The van der Waals surface area contributed by atoms with Crippen LogP contribution in [0.4, 0.5) is 4.79 Å². The lowest BCUT2D eigenvalue weighted by molar-refractivity contribution is 0.0498. The number of alkyl carbamates (subject to hydrolysis) is 1. The number of carbonyl (C=O) groups excluding carboxylic acids is 1. The Morgan fingerprint density at radius 3 is 2.71 bits per heavy atom. The van der Waals surface area contributed by atoms with Gasteiger partial charge in [0.1, 0.15) is 5.60 Å². The molecule has 1 saturated carbocycles. The van der Waals surface area contributed by atoms with E-state index in [0.29, 0.717) is 12.0 Å². The van der Waals surface area contributed by atoms with Gasteiger partial charge in [-0.1, -0.05) is 30.3 Å². The fraction of sp³-hybridized carbons (Fsp3) is 0.588. The molecule has 1 aliphatic carbocycles. The summed E-state index contributed by atoms with van der Waals surface area (Å²) in [5.74, 6) is 0.598. The highest BCUT2D eigenvalue weighted by molar-refractivity contribution is 5.68. The monoisotopic (exact) mass is 288 g/mol. The minimum absolute atomic E-state index is 0.230. The molecular weight excluding hydrogens is 264 g/mol. The summed E-state index contributed by atoms with van der Waals surface area (Å²) in [4.78, 5) is 14.4. The van der Waals surface area contributed by atoms with Crippen molar-refractivity contribution in [3.63, 3.8) is 0 Å². The molecule has 1 amide bonds. The van der Waals surface area contributed by atoms with Gasteiger partial charge in [-0.25, -0.2) is 4.79 Å². The van der Waals surface area contributed by atoms with Crippen LogP contribution in [-0.2, 0) is 11.3 Å². The van der Waals surface area contributed by atoms with Crippen LogP contribution in [0.15, 0.2) is 30.3 Å². The Kier molecular flexibility index (Phi) is 3.66. The molecule has 1 aromatic carbocycles. The van der Waals surface area contributed by atoms with Crippen molar-refractivity contribution in [1.29, 1.82) is 0 Å². The molecule has 2 fully saturated rings. The summed E-state index contributed by atoms with van der Waals surface area (Å²) in [6.07, 6.45) is 0.896. The maximum Gasteiger partial charge on any atom is 0.407 e. The van der Waals surface area contributed by atoms with Gasteiger partial charge in [0.25, 0.3) is 0 Å². The average Bonchev–Trinajstić information content (AvgIpc) is 3.10. The Hall–Kier alpha value is -1.55. The first-order valence-electron chi connectivity index (χ1n) is 7.70. The van der Waals surface area contributed by atoms with Crippen molar-refractivity contribution in [3.05, 3.63) is 35.9 Å². The maximum atomic E-state index is 11.9. The fourth-order valence-corrected chi connectivity index (χ4v) is 3.19. The van der Waals surface area contributed by atoms with Gasteiger partial charge >= 0.3 is 6.09 Å². The molecule has 1 aromatic rings. The summed E-state index contributed by atoms with van der Waals surface area (Å²) in [6, 6.07) is 11.4.